The Balaban J connectivity index is 1.56. The van der Waals surface area contributed by atoms with E-state index in [1.54, 1.807) is 23.7 Å². The Hall–Kier alpha value is -2.60. The number of aryl methyl sites for hydroxylation is 1. The van der Waals surface area contributed by atoms with Gasteiger partial charge < -0.3 is 9.42 Å². The number of hydrogen-bond donors (Lipinski definition) is 0. The highest BCUT2D eigenvalue weighted by Gasteiger charge is 2.20. The van der Waals surface area contributed by atoms with Gasteiger partial charge in [-0.05, 0) is 25.5 Å². The molecule has 3 aromatic rings. The first-order chi connectivity index (χ1) is 13.0. The Labute approximate surface area is 163 Å². The van der Waals surface area contributed by atoms with Crippen LogP contribution in [0.25, 0.3) is 11.4 Å². The fraction of sp³-hybridized carbons (Fsp3) is 0.286. The largest absolute Gasteiger partial charge is 0.337 e. The molecule has 0 aliphatic rings. The van der Waals surface area contributed by atoms with Crippen molar-refractivity contribution in [2.45, 2.75) is 31.4 Å². The molecule has 1 aromatic heterocycles. The van der Waals surface area contributed by atoms with Gasteiger partial charge in [0.05, 0.1) is 11.8 Å². The van der Waals surface area contributed by atoms with Crippen LogP contribution in [0.3, 0.4) is 0 Å². The lowest BCUT2D eigenvalue weighted by atomic mass is 10.1. The van der Waals surface area contributed by atoms with E-state index in [-0.39, 0.29) is 11.2 Å². The van der Waals surface area contributed by atoms with Crippen molar-refractivity contribution >= 4 is 17.7 Å². The molecule has 0 radical (unpaired) electrons. The molecule has 0 spiro atoms. The molecule has 1 amide bonds. The van der Waals surface area contributed by atoms with Crippen LogP contribution >= 0.6 is 11.8 Å². The van der Waals surface area contributed by atoms with E-state index in [1.165, 1.54) is 5.56 Å². The third-order valence-corrected chi connectivity index (χ3v) is 5.39. The highest BCUT2D eigenvalue weighted by atomic mass is 32.2. The Morgan fingerprint density at radius 2 is 1.96 bits per heavy atom. The van der Waals surface area contributed by atoms with Gasteiger partial charge in [0.1, 0.15) is 0 Å². The number of amides is 1. The maximum absolute atomic E-state index is 12.6. The van der Waals surface area contributed by atoms with E-state index in [0.717, 1.165) is 16.9 Å². The normalized spacial score (nSPS) is 12.0. The molecule has 1 atom stereocenters. The van der Waals surface area contributed by atoms with E-state index in [9.17, 15) is 4.79 Å². The van der Waals surface area contributed by atoms with E-state index in [2.05, 4.69) is 22.3 Å². The Morgan fingerprint density at radius 3 is 2.70 bits per heavy atom. The number of hydrogen-bond acceptors (Lipinski definition) is 5. The zero-order valence-electron chi connectivity index (χ0n) is 15.8. The summed E-state index contributed by atoms with van der Waals surface area (Å²) in [4.78, 5) is 18.7. The van der Waals surface area contributed by atoms with Gasteiger partial charge in [0.15, 0.2) is 0 Å². The van der Waals surface area contributed by atoms with Crippen LogP contribution in [0, 0.1) is 6.92 Å². The zero-order valence-corrected chi connectivity index (χ0v) is 16.6. The first-order valence-electron chi connectivity index (χ1n) is 8.83. The third kappa shape index (κ3) is 5.20. The SMILES string of the molecule is Cc1cccc(-c2noc(CN(C)C(=O)[C@H](C)SCc3ccccc3)n2)c1. The first kappa shape index (κ1) is 19.2. The van der Waals surface area contributed by atoms with E-state index in [1.807, 2.05) is 56.3 Å². The summed E-state index contributed by atoms with van der Waals surface area (Å²) in [5, 5.41) is 3.89. The summed E-state index contributed by atoms with van der Waals surface area (Å²) < 4.78 is 5.33. The summed E-state index contributed by atoms with van der Waals surface area (Å²) in [6, 6.07) is 18.1. The Bertz CT molecular complexity index is 895. The van der Waals surface area contributed by atoms with Crippen LogP contribution in [0.1, 0.15) is 23.9 Å². The highest BCUT2D eigenvalue weighted by Crippen LogP contribution is 2.21. The second kappa shape index (κ2) is 8.86. The average molecular weight is 382 g/mol. The predicted octanol–water partition coefficient (Wildman–Crippen LogP) is 4.33. The van der Waals surface area contributed by atoms with Gasteiger partial charge in [-0.2, -0.15) is 4.98 Å². The van der Waals surface area contributed by atoms with Crippen molar-refractivity contribution < 1.29 is 9.32 Å². The number of carbonyl (C=O) groups excluding carboxylic acids is 1. The van der Waals surface area contributed by atoms with Gasteiger partial charge in [-0.3, -0.25) is 4.79 Å². The molecule has 0 bridgehead atoms. The van der Waals surface area contributed by atoms with E-state index < -0.39 is 0 Å². The highest BCUT2D eigenvalue weighted by molar-refractivity contribution is 7.99. The maximum Gasteiger partial charge on any atom is 0.246 e. The molecule has 0 unspecified atom stereocenters. The number of nitrogens with zero attached hydrogens (tertiary/aromatic N) is 3. The van der Waals surface area contributed by atoms with E-state index >= 15 is 0 Å². The minimum Gasteiger partial charge on any atom is -0.337 e. The summed E-state index contributed by atoms with van der Waals surface area (Å²) in [7, 11) is 1.76. The Morgan fingerprint density at radius 1 is 1.19 bits per heavy atom. The molecule has 0 aliphatic heterocycles. The quantitative estimate of drug-likeness (QED) is 0.610. The number of carbonyl (C=O) groups is 1. The van der Waals surface area contributed by atoms with Gasteiger partial charge in [0, 0.05) is 18.4 Å². The molecule has 2 aromatic carbocycles. The Kier molecular flexibility index (Phi) is 6.29. The van der Waals surface area contributed by atoms with Crippen LogP contribution in [0.2, 0.25) is 0 Å². The van der Waals surface area contributed by atoms with Crippen molar-refractivity contribution in [3.8, 4) is 11.4 Å². The van der Waals surface area contributed by atoms with Crippen LogP contribution in [0.15, 0.2) is 59.1 Å². The molecule has 0 aliphatic carbocycles. The second-order valence-electron chi connectivity index (χ2n) is 6.51. The minimum absolute atomic E-state index is 0.0474. The van der Waals surface area contributed by atoms with E-state index in [4.69, 9.17) is 4.52 Å². The van der Waals surface area contributed by atoms with Crippen LogP contribution in [-0.2, 0) is 17.1 Å². The van der Waals surface area contributed by atoms with Crippen LogP contribution in [-0.4, -0.2) is 33.2 Å². The number of aromatic nitrogens is 2. The smallest absolute Gasteiger partial charge is 0.246 e. The standard InChI is InChI=1S/C21H23N3O2S/c1-15-8-7-11-18(12-15)20-22-19(26-23-20)13-24(3)21(25)16(2)27-14-17-9-5-4-6-10-17/h4-12,16H,13-14H2,1-3H3/t16-/m0/s1. The number of thioether (sulfide) groups is 1. The molecular weight excluding hydrogens is 358 g/mol. The van der Waals surface area contributed by atoms with Crippen molar-refractivity contribution in [3.63, 3.8) is 0 Å². The summed E-state index contributed by atoms with van der Waals surface area (Å²) in [5.41, 5.74) is 3.26. The lowest BCUT2D eigenvalue weighted by Crippen LogP contribution is -2.33. The van der Waals surface area contributed by atoms with Crippen LogP contribution in [0.5, 0.6) is 0 Å². The van der Waals surface area contributed by atoms with Gasteiger partial charge in [0.25, 0.3) is 0 Å². The van der Waals surface area contributed by atoms with Gasteiger partial charge in [0.2, 0.25) is 17.6 Å². The van der Waals surface area contributed by atoms with Crippen molar-refractivity contribution in [1.29, 1.82) is 0 Å². The minimum atomic E-state index is -0.144. The maximum atomic E-state index is 12.6. The fourth-order valence-electron chi connectivity index (χ4n) is 2.68. The third-order valence-electron chi connectivity index (χ3n) is 4.18. The predicted molar refractivity (Wildman–Crippen MR) is 108 cm³/mol. The topological polar surface area (TPSA) is 59.2 Å². The zero-order chi connectivity index (χ0) is 19.2. The molecular formula is C21H23N3O2S. The van der Waals surface area contributed by atoms with Crippen molar-refractivity contribution in [3.05, 3.63) is 71.6 Å². The van der Waals surface area contributed by atoms with Crippen LogP contribution in [0.4, 0.5) is 0 Å². The molecule has 0 fully saturated rings. The van der Waals surface area contributed by atoms with Crippen LogP contribution < -0.4 is 0 Å². The molecule has 6 heteroatoms. The molecule has 0 saturated heterocycles. The van der Waals surface area contributed by atoms with Gasteiger partial charge >= 0.3 is 0 Å². The van der Waals surface area contributed by atoms with Gasteiger partial charge in [-0.25, -0.2) is 0 Å². The summed E-state index contributed by atoms with van der Waals surface area (Å²) in [6.45, 7) is 4.25. The van der Waals surface area contributed by atoms with Crippen molar-refractivity contribution in [2.24, 2.45) is 0 Å². The molecule has 140 valence electrons. The summed E-state index contributed by atoms with van der Waals surface area (Å²) >= 11 is 1.62. The van der Waals surface area contributed by atoms with E-state index in [0.29, 0.717) is 18.3 Å². The van der Waals surface area contributed by atoms with Gasteiger partial charge in [-0.1, -0.05) is 59.3 Å². The molecule has 0 saturated carbocycles. The summed E-state index contributed by atoms with van der Waals surface area (Å²) in [5.74, 6) is 1.83. The molecule has 3 rings (SSSR count). The monoisotopic (exact) mass is 381 g/mol. The second-order valence-corrected chi connectivity index (χ2v) is 7.84. The lowest BCUT2D eigenvalue weighted by Gasteiger charge is -2.19. The lowest BCUT2D eigenvalue weighted by molar-refractivity contribution is -0.129. The molecule has 1 heterocycles. The number of benzene rings is 2. The van der Waals surface area contributed by atoms with Crippen molar-refractivity contribution in [2.75, 3.05) is 7.05 Å². The fourth-order valence-corrected chi connectivity index (χ4v) is 3.64. The molecule has 27 heavy (non-hydrogen) atoms. The average Bonchev–Trinajstić information content (AvgIpc) is 3.15. The molecule has 0 N–H and O–H groups in total. The first-order valence-corrected chi connectivity index (χ1v) is 9.88. The number of rotatable bonds is 7. The van der Waals surface area contributed by atoms with Crippen molar-refractivity contribution in [1.82, 2.24) is 15.0 Å². The summed E-state index contributed by atoms with van der Waals surface area (Å²) in [6.07, 6.45) is 0. The molecule has 5 nitrogen and oxygen atoms in total. The van der Waals surface area contributed by atoms with Gasteiger partial charge in [-0.15, -0.1) is 11.8 Å².